The molecule has 3 heteroatoms. The van der Waals surface area contributed by atoms with Crippen LogP contribution in [0.25, 0.3) is 0 Å². The normalized spacial score (nSPS) is 33.7. The van der Waals surface area contributed by atoms with Crippen molar-refractivity contribution in [3.8, 4) is 11.8 Å². The van der Waals surface area contributed by atoms with Crippen LogP contribution in [0.1, 0.15) is 90.2 Å². The number of allylic oxidation sites excluding steroid dienone is 3. The fourth-order valence-corrected chi connectivity index (χ4v) is 6.89. The van der Waals surface area contributed by atoms with Crippen LogP contribution in [0.2, 0.25) is 0 Å². The zero-order chi connectivity index (χ0) is 24.5. The van der Waals surface area contributed by atoms with Gasteiger partial charge in [-0.3, -0.25) is 0 Å². The number of rotatable bonds is 3. The van der Waals surface area contributed by atoms with Crippen LogP contribution < -0.4 is 0 Å². The fraction of sp³-hybridized carbons (Fsp3) is 0.613. The monoisotopic (exact) mass is 462 g/mol. The van der Waals surface area contributed by atoms with E-state index < -0.39 is 17.8 Å². The van der Waals surface area contributed by atoms with E-state index in [0.29, 0.717) is 37.0 Å². The van der Waals surface area contributed by atoms with Gasteiger partial charge in [0.1, 0.15) is 0 Å². The Kier molecular flexibility index (Phi) is 7.44. The predicted molar refractivity (Wildman–Crippen MR) is 138 cm³/mol. The van der Waals surface area contributed by atoms with E-state index in [1.807, 2.05) is 24.3 Å². The Hall–Kier alpha value is -1.86. The number of aliphatic hydroxyl groups excluding tert-OH is 2. The Labute approximate surface area is 206 Å². The third-order valence-corrected chi connectivity index (χ3v) is 8.75. The third-order valence-electron chi connectivity index (χ3n) is 8.75. The van der Waals surface area contributed by atoms with Gasteiger partial charge in [0, 0.05) is 11.5 Å². The van der Waals surface area contributed by atoms with Gasteiger partial charge in [-0.15, -0.1) is 0 Å². The summed E-state index contributed by atoms with van der Waals surface area (Å²) in [6.45, 7) is 8.39. The summed E-state index contributed by atoms with van der Waals surface area (Å²) in [6, 6.07) is 7.97. The van der Waals surface area contributed by atoms with Crippen molar-refractivity contribution in [2.75, 3.05) is 0 Å². The summed E-state index contributed by atoms with van der Waals surface area (Å²) in [5.74, 6) is 8.50. The molecule has 1 aromatic rings. The molecule has 3 aliphatic carbocycles. The van der Waals surface area contributed by atoms with Gasteiger partial charge < -0.3 is 15.3 Å². The van der Waals surface area contributed by atoms with Crippen LogP contribution in [0, 0.1) is 35.0 Å². The lowest BCUT2D eigenvalue weighted by Gasteiger charge is -2.43. The molecule has 0 radical (unpaired) electrons. The smallest absolute Gasteiger partial charge is 0.0840 e. The zero-order valence-corrected chi connectivity index (χ0v) is 21.3. The first-order valence-corrected chi connectivity index (χ1v) is 13.2. The molecule has 3 aliphatic rings. The van der Waals surface area contributed by atoms with E-state index in [1.54, 1.807) is 19.4 Å². The van der Waals surface area contributed by atoms with Crippen molar-refractivity contribution in [3.63, 3.8) is 0 Å². The summed E-state index contributed by atoms with van der Waals surface area (Å²) < 4.78 is 0. The molecule has 184 valence electrons. The SMILES string of the molecule is C[C@H](C#Cc1ccc(C(C)(C)O)cc1)[C@H]1CC[C@H]2/C(=C/C=C3C[C@@H](O)C[C@H](O)C3)CCC[C@]12C. The van der Waals surface area contributed by atoms with E-state index in [9.17, 15) is 15.3 Å². The molecule has 0 saturated heterocycles. The quantitative estimate of drug-likeness (QED) is 0.492. The first-order chi connectivity index (χ1) is 16.1. The summed E-state index contributed by atoms with van der Waals surface area (Å²) in [4.78, 5) is 0. The number of hydrogen-bond acceptors (Lipinski definition) is 3. The molecule has 3 nitrogen and oxygen atoms in total. The number of fused-ring (bicyclic) bond motifs is 1. The third kappa shape index (κ3) is 5.51. The van der Waals surface area contributed by atoms with E-state index in [4.69, 9.17) is 0 Å². The summed E-state index contributed by atoms with van der Waals surface area (Å²) in [6.07, 6.45) is 11.7. The summed E-state index contributed by atoms with van der Waals surface area (Å²) in [5.41, 5.74) is 4.10. The minimum atomic E-state index is -0.828. The molecule has 0 amide bonds. The van der Waals surface area contributed by atoms with E-state index in [1.165, 1.54) is 31.3 Å². The summed E-state index contributed by atoms with van der Waals surface area (Å²) in [7, 11) is 0. The Morgan fingerprint density at radius 2 is 1.74 bits per heavy atom. The molecule has 1 aromatic carbocycles. The molecule has 3 saturated carbocycles. The van der Waals surface area contributed by atoms with Crippen molar-refractivity contribution in [2.45, 2.75) is 96.9 Å². The molecule has 0 unspecified atom stereocenters. The van der Waals surface area contributed by atoms with E-state index in [2.05, 4.69) is 37.8 Å². The molecule has 34 heavy (non-hydrogen) atoms. The lowest BCUT2D eigenvalue weighted by atomic mass is 9.61. The van der Waals surface area contributed by atoms with Crippen LogP contribution in [0.15, 0.2) is 47.6 Å². The van der Waals surface area contributed by atoms with Gasteiger partial charge in [0.05, 0.1) is 17.8 Å². The average molecular weight is 463 g/mol. The van der Waals surface area contributed by atoms with Crippen LogP contribution in [0.4, 0.5) is 0 Å². The fourth-order valence-electron chi connectivity index (χ4n) is 6.89. The molecule has 3 fully saturated rings. The van der Waals surface area contributed by atoms with Gasteiger partial charge in [-0.25, -0.2) is 0 Å². The van der Waals surface area contributed by atoms with Gasteiger partial charge in [-0.2, -0.15) is 0 Å². The van der Waals surface area contributed by atoms with Gasteiger partial charge in [0.15, 0.2) is 0 Å². The van der Waals surface area contributed by atoms with Crippen LogP contribution in [-0.4, -0.2) is 27.5 Å². The molecule has 0 bridgehead atoms. The molecular weight excluding hydrogens is 420 g/mol. The highest BCUT2D eigenvalue weighted by Crippen LogP contribution is 2.59. The summed E-state index contributed by atoms with van der Waals surface area (Å²) >= 11 is 0. The predicted octanol–water partition coefficient (Wildman–Crippen LogP) is 5.88. The van der Waals surface area contributed by atoms with Crippen LogP contribution in [0.5, 0.6) is 0 Å². The minimum absolute atomic E-state index is 0.285. The van der Waals surface area contributed by atoms with Gasteiger partial charge >= 0.3 is 0 Å². The minimum Gasteiger partial charge on any atom is -0.393 e. The average Bonchev–Trinajstić information content (AvgIpc) is 3.12. The van der Waals surface area contributed by atoms with Crippen molar-refractivity contribution >= 4 is 0 Å². The van der Waals surface area contributed by atoms with Crippen LogP contribution in [0.3, 0.4) is 0 Å². The maximum absolute atomic E-state index is 10.2. The highest BCUT2D eigenvalue weighted by atomic mass is 16.3. The summed E-state index contributed by atoms with van der Waals surface area (Å²) in [5, 5.41) is 30.2. The Bertz CT molecular complexity index is 972. The van der Waals surface area contributed by atoms with Gasteiger partial charge in [0.25, 0.3) is 0 Å². The molecule has 0 aliphatic heterocycles. The standard InChI is InChI=1S/C31H42O3/c1-21(7-8-22-10-13-25(14-11-22)30(2,3)34)28-15-16-29-24(6-5-17-31(28,29)4)12-9-23-18-26(32)20-27(33)19-23/h9-14,21,26-29,32-34H,5-6,15-20H2,1-4H3/b24-12+/t21-,26-,27-,28-,29+,31-/m1/s1. The van der Waals surface area contributed by atoms with Gasteiger partial charge in [-0.1, -0.05) is 61.1 Å². The number of aliphatic hydroxyl groups is 3. The van der Waals surface area contributed by atoms with Gasteiger partial charge in [-0.05, 0) is 100 Å². The van der Waals surface area contributed by atoms with Gasteiger partial charge in [0.2, 0.25) is 0 Å². The molecule has 3 N–H and O–H groups in total. The second kappa shape index (κ2) is 10.0. The second-order valence-corrected chi connectivity index (χ2v) is 11.8. The lowest BCUT2D eigenvalue weighted by Crippen LogP contribution is -2.35. The molecular formula is C31H42O3. The van der Waals surface area contributed by atoms with Crippen LogP contribution in [-0.2, 0) is 5.60 Å². The first-order valence-electron chi connectivity index (χ1n) is 13.2. The molecule has 0 aromatic heterocycles. The highest BCUT2D eigenvalue weighted by Gasteiger charge is 2.50. The maximum Gasteiger partial charge on any atom is 0.0840 e. The van der Waals surface area contributed by atoms with E-state index >= 15 is 0 Å². The molecule has 0 heterocycles. The van der Waals surface area contributed by atoms with Crippen molar-refractivity contribution < 1.29 is 15.3 Å². The van der Waals surface area contributed by atoms with Crippen molar-refractivity contribution in [1.82, 2.24) is 0 Å². The highest BCUT2D eigenvalue weighted by molar-refractivity contribution is 5.38. The Balaban J connectivity index is 1.47. The number of benzene rings is 1. The van der Waals surface area contributed by atoms with Crippen LogP contribution >= 0.6 is 0 Å². The van der Waals surface area contributed by atoms with Crippen molar-refractivity contribution in [3.05, 3.63) is 58.7 Å². The molecule has 4 rings (SSSR count). The molecule has 6 atom stereocenters. The Morgan fingerprint density at radius 1 is 1.06 bits per heavy atom. The Morgan fingerprint density at radius 3 is 2.38 bits per heavy atom. The van der Waals surface area contributed by atoms with Crippen molar-refractivity contribution in [1.29, 1.82) is 0 Å². The lowest BCUT2D eigenvalue weighted by molar-refractivity contribution is 0.0609. The first kappa shape index (κ1) is 25.2. The maximum atomic E-state index is 10.2. The zero-order valence-electron chi connectivity index (χ0n) is 21.3. The largest absolute Gasteiger partial charge is 0.393 e. The topological polar surface area (TPSA) is 60.7 Å². The molecule has 0 spiro atoms. The van der Waals surface area contributed by atoms with E-state index in [0.717, 1.165) is 17.5 Å². The van der Waals surface area contributed by atoms with Crippen molar-refractivity contribution in [2.24, 2.45) is 23.2 Å². The van der Waals surface area contributed by atoms with E-state index in [-0.39, 0.29) is 5.41 Å². The second-order valence-electron chi connectivity index (χ2n) is 11.8. The number of hydrogen-bond donors (Lipinski definition) is 3.